The van der Waals surface area contributed by atoms with Gasteiger partial charge in [-0.25, -0.2) is 0 Å². The molecule has 0 amide bonds. The molecule has 0 aliphatic rings. The first-order valence-corrected chi connectivity index (χ1v) is 19.3. The Balaban J connectivity index is 1.08. The molecule has 0 aliphatic carbocycles. The van der Waals surface area contributed by atoms with Gasteiger partial charge in [0.1, 0.15) is 0 Å². The quantitative estimate of drug-likeness (QED) is 0.162. The SMILES string of the molecule is c1ccc(-c2ccccc2-c2cccc(-c3ccc4c(c3)c3cc(-c5ccc6c(c5)c5ccccc5n6-c5ccccc5)ccc3n4-c3ccccc3)c2)cc1. The number of para-hydroxylation sites is 3. The van der Waals surface area contributed by atoms with E-state index in [4.69, 9.17) is 0 Å². The van der Waals surface area contributed by atoms with E-state index in [-0.39, 0.29) is 0 Å². The van der Waals surface area contributed by atoms with Gasteiger partial charge in [-0.1, -0.05) is 146 Å². The van der Waals surface area contributed by atoms with Crippen LogP contribution >= 0.6 is 0 Å². The van der Waals surface area contributed by atoms with Gasteiger partial charge in [-0.3, -0.25) is 0 Å². The van der Waals surface area contributed by atoms with Crippen molar-refractivity contribution < 1.29 is 0 Å². The fourth-order valence-electron chi connectivity index (χ4n) is 8.72. The van der Waals surface area contributed by atoms with E-state index in [0.717, 1.165) is 5.69 Å². The van der Waals surface area contributed by atoms with Crippen molar-refractivity contribution in [3.05, 3.63) is 218 Å². The molecule has 0 atom stereocenters. The summed E-state index contributed by atoms with van der Waals surface area (Å²) in [6.07, 6.45) is 0. The molecule has 262 valence electrons. The van der Waals surface area contributed by atoms with E-state index in [0.29, 0.717) is 0 Å². The maximum Gasteiger partial charge on any atom is 0.0541 e. The second-order valence-corrected chi connectivity index (χ2v) is 14.5. The molecule has 9 aromatic carbocycles. The first kappa shape index (κ1) is 32.0. The number of nitrogens with zero attached hydrogens (tertiary/aromatic N) is 2. The average molecular weight is 713 g/mol. The highest BCUT2D eigenvalue weighted by atomic mass is 15.0. The lowest BCUT2D eigenvalue weighted by Gasteiger charge is -2.12. The van der Waals surface area contributed by atoms with Crippen LogP contribution in [0.2, 0.25) is 0 Å². The predicted octanol–water partition coefficient (Wildman–Crippen LogP) is 14.5. The van der Waals surface area contributed by atoms with Crippen LogP contribution in [0.5, 0.6) is 0 Å². The second-order valence-electron chi connectivity index (χ2n) is 14.5. The summed E-state index contributed by atoms with van der Waals surface area (Å²) < 4.78 is 4.78. The summed E-state index contributed by atoms with van der Waals surface area (Å²) in [7, 11) is 0. The maximum absolute atomic E-state index is 2.40. The van der Waals surface area contributed by atoms with Gasteiger partial charge in [-0.2, -0.15) is 0 Å². The number of benzene rings is 9. The third-order valence-electron chi connectivity index (χ3n) is 11.3. The molecule has 0 spiro atoms. The van der Waals surface area contributed by atoms with Crippen molar-refractivity contribution in [1.29, 1.82) is 0 Å². The van der Waals surface area contributed by atoms with E-state index in [1.54, 1.807) is 0 Å². The molecular formula is C54H36N2. The predicted molar refractivity (Wildman–Crippen MR) is 237 cm³/mol. The van der Waals surface area contributed by atoms with Crippen molar-refractivity contribution >= 4 is 43.6 Å². The molecule has 0 radical (unpaired) electrons. The van der Waals surface area contributed by atoms with Gasteiger partial charge < -0.3 is 9.13 Å². The van der Waals surface area contributed by atoms with Gasteiger partial charge in [-0.15, -0.1) is 0 Å². The van der Waals surface area contributed by atoms with Crippen LogP contribution in [0.15, 0.2) is 218 Å². The number of aromatic nitrogens is 2. The fraction of sp³-hybridized carbons (Fsp3) is 0. The van der Waals surface area contributed by atoms with Crippen molar-refractivity contribution in [2.24, 2.45) is 0 Å². The lowest BCUT2D eigenvalue weighted by Crippen LogP contribution is -1.93. The minimum Gasteiger partial charge on any atom is -0.309 e. The van der Waals surface area contributed by atoms with Crippen LogP contribution in [0, 0.1) is 0 Å². The molecule has 11 aromatic rings. The lowest BCUT2D eigenvalue weighted by atomic mass is 9.92. The van der Waals surface area contributed by atoms with Gasteiger partial charge in [-0.05, 0) is 117 Å². The average Bonchev–Trinajstić information content (AvgIpc) is 3.79. The Morgan fingerprint density at radius 2 is 0.589 bits per heavy atom. The van der Waals surface area contributed by atoms with Crippen LogP contribution < -0.4 is 0 Å². The highest BCUT2D eigenvalue weighted by molar-refractivity contribution is 6.13. The molecule has 2 heterocycles. The van der Waals surface area contributed by atoms with Crippen LogP contribution in [0.3, 0.4) is 0 Å². The van der Waals surface area contributed by atoms with Crippen molar-refractivity contribution in [3.63, 3.8) is 0 Å². The van der Waals surface area contributed by atoms with E-state index in [9.17, 15) is 0 Å². The molecule has 0 aliphatic heterocycles. The molecule has 2 heteroatoms. The number of fused-ring (bicyclic) bond motifs is 6. The van der Waals surface area contributed by atoms with Crippen LogP contribution in [0.4, 0.5) is 0 Å². The van der Waals surface area contributed by atoms with E-state index >= 15 is 0 Å². The van der Waals surface area contributed by atoms with Crippen LogP contribution in [-0.2, 0) is 0 Å². The lowest BCUT2D eigenvalue weighted by molar-refractivity contribution is 1.18. The smallest absolute Gasteiger partial charge is 0.0541 e. The summed E-state index contributed by atoms with van der Waals surface area (Å²) in [5.74, 6) is 0. The maximum atomic E-state index is 2.40. The molecule has 0 N–H and O–H groups in total. The van der Waals surface area contributed by atoms with Gasteiger partial charge in [0.2, 0.25) is 0 Å². The second kappa shape index (κ2) is 13.2. The summed E-state index contributed by atoms with van der Waals surface area (Å²) in [6.45, 7) is 0. The molecule has 2 aromatic heterocycles. The van der Waals surface area contributed by atoms with E-state index in [1.807, 2.05) is 0 Å². The Bertz CT molecular complexity index is 3220. The Kier molecular flexibility index (Phi) is 7.53. The Morgan fingerprint density at radius 1 is 0.214 bits per heavy atom. The molecule has 2 nitrogen and oxygen atoms in total. The highest BCUT2D eigenvalue weighted by Crippen LogP contribution is 2.40. The highest BCUT2D eigenvalue weighted by Gasteiger charge is 2.17. The van der Waals surface area contributed by atoms with Crippen molar-refractivity contribution in [2.75, 3.05) is 0 Å². The molecular weight excluding hydrogens is 677 g/mol. The molecule has 56 heavy (non-hydrogen) atoms. The zero-order valence-corrected chi connectivity index (χ0v) is 30.7. The summed E-state index contributed by atoms with van der Waals surface area (Å²) in [5.41, 5.74) is 16.8. The normalized spacial score (nSPS) is 11.6. The Morgan fingerprint density at radius 3 is 1.14 bits per heavy atom. The number of rotatable bonds is 6. The minimum absolute atomic E-state index is 1.16. The Hall–Kier alpha value is -7.42. The monoisotopic (exact) mass is 712 g/mol. The largest absolute Gasteiger partial charge is 0.309 e. The minimum atomic E-state index is 1.16. The third kappa shape index (κ3) is 5.26. The topological polar surface area (TPSA) is 9.86 Å². The van der Waals surface area contributed by atoms with E-state index < -0.39 is 0 Å². The van der Waals surface area contributed by atoms with Gasteiger partial charge >= 0.3 is 0 Å². The molecule has 0 fully saturated rings. The molecule has 0 bridgehead atoms. The van der Waals surface area contributed by atoms with Crippen molar-refractivity contribution in [2.45, 2.75) is 0 Å². The molecule has 11 rings (SSSR count). The van der Waals surface area contributed by atoms with Crippen molar-refractivity contribution in [1.82, 2.24) is 9.13 Å². The molecule has 0 saturated carbocycles. The zero-order valence-electron chi connectivity index (χ0n) is 30.7. The van der Waals surface area contributed by atoms with Gasteiger partial charge in [0, 0.05) is 32.9 Å². The van der Waals surface area contributed by atoms with E-state index in [1.165, 1.54) is 93.8 Å². The number of hydrogen-bond donors (Lipinski definition) is 0. The first-order valence-electron chi connectivity index (χ1n) is 19.3. The molecule has 0 saturated heterocycles. The van der Waals surface area contributed by atoms with Crippen molar-refractivity contribution in [3.8, 4) is 55.9 Å². The van der Waals surface area contributed by atoms with Gasteiger partial charge in [0.15, 0.2) is 0 Å². The Labute approximate surface area is 325 Å². The van der Waals surface area contributed by atoms with E-state index in [2.05, 4.69) is 228 Å². The van der Waals surface area contributed by atoms with Crippen LogP contribution in [0.25, 0.3) is 99.5 Å². The summed E-state index contributed by atoms with van der Waals surface area (Å²) in [5, 5.41) is 4.98. The summed E-state index contributed by atoms with van der Waals surface area (Å²) in [6, 6.07) is 79.4. The summed E-state index contributed by atoms with van der Waals surface area (Å²) in [4.78, 5) is 0. The standard InChI is InChI=1S/C54H36N2/c1-4-15-37(16-5-1)45-23-10-11-24-46(45)42-18-14-17-38(33-42)39-27-31-53-49(35-39)50-36-41(29-32-54(50)56(53)44-21-8-3-9-22-44)40-28-30-52-48(34-40)47-25-12-13-26-51(47)55(52)43-19-6-2-7-20-43/h1-36H. The first-order chi connectivity index (χ1) is 27.8. The fourth-order valence-corrected chi connectivity index (χ4v) is 8.72. The van der Waals surface area contributed by atoms with Gasteiger partial charge in [0.25, 0.3) is 0 Å². The molecule has 0 unspecified atom stereocenters. The summed E-state index contributed by atoms with van der Waals surface area (Å²) >= 11 is 0. The van der Waals surface area contributed by atoms with Crippen LogP contribution in [0.1, 0.15) is 0 Å². The zero-order chi connectivity index (χ0) is 37.0. The third-order valence-corrected chi connectivity index (χ3v) is 11.3. The van der Waals surface area contributed by atoms with Crippen LogP contribution in [-0.4, -0.2) is 9.13 Å². The van der Waals surface area contributed by atoms with Gasteiger partial charge in [0.05, 0.1) is 22.1 Å². The number of hydrogen-bond acceptors (Lipinski definition) is 0.